The molecule has 0 atom stereocenters. The zero-order valence-electron chi connectivity index (χ0n) is 9.18. The molecule has 0 heterocycles. The van der Waals surface area contributed by atoms with E-state index in [0.717, 1.165) is 0 Å². The van der Waals surface area contributed by atoms with Crippen LogP contribution in [0.1, 0.15) is 0 Å². The first-order valence-electron chi connectivity index (χ1n) is 5.04. The van der Waals surface area contributed by atoms with Crippen LogP contribution in [0.25, 0.3) is 0 Å². The maximum absolute atomic E-state index is 5.78. The molecule has 2 aromatic rings. The summed E-state index contributed by atoms with van der Waals surface area (Å²) >= 11 is 0. The molecule has 0 bridgehead atoms. The van der Waals surface area contributed by atoms with Crippen molar-refractivity contribution in [3.05, 3.63) is 36.4 Å². The lowest BCUT2D eigenvalue weighted by molar-refractivity contribution is 0.488. The molecule has 2 aromatic carbocycles. The van der Waals surface area contributed by atoms with Gasteiger partial charge in [-0.25, -0.2) is 0 Å². The van der Waals surface area contributed by atoms with Gasteiger partial charge in [0.15, 0.2) is 5.75 Å². The van der Waals surface area contributed by atoms with Gasteiger partial charge in [-0.15, -0.1) is 0 Å². The molecule has 0 spiro atoms. The van der Waals surface area contributed by atoms with Gasteiger partial charge in [0.25, 0.3) is 0 Å². The second-order valence-electron chi connectivity index (χ2n) is 3.70. The smallest absolute Gasteiger partial charge is 0.173 e. The molecular formula is C12H14N4O. The summed E-state index contributed by atoms with van der Waals surface area (Å²) in [4.78, 5) is 0. The van der Waals surface area contributed by atoms with E-state index in [4.69, 9.17) is 27.7 Å². The molecule has 0 aliphatic carbocycles. The highest BCUT2D eigenvalue weighted by atomic mass is 16.5. The predicted molar refractivity (Wildman–Crippen MR) is 70.6 cm³/mol. The number of nitrogens with two attached hydrogens (primary N) is 4. The van der Waals surface area contributed by atoms with Gasteiger partial charge in [-0.1, -0.05) is 6.07 Å². The fraction of sp³-hybridized carbons (Fsp3) is 0. The Kier molecular flexibility index (Phi) is 2.66. The third kappa shape index (κ3) is 2.34. The van der Waals surface area contributed by atoms with E-state index in [2.05, 4.69) is 0 Å². The molecule has 0 saturated heterocycles. The molecule has 0 aromatic heterocycles. The van der Waals surface area contributed by atoms with Crippen LogP contribution in [0.15, 0.2) is 36.4 Å². The van der Waals surface area contributed by atoms with E-state index in [1.165, 1.54) is 0 Å². The van der Waals surface area contributed by atoms with Crippen molar-refractivity contribution in [1.82, 2.24) is 0 Å². The van der Waals surface area contributed by atoms with Gasteiger partial charge in [0, 0.05) is 23.5 Å². The molecule has 17 heavy (non-hydrogen) atoms. The third-order valence-electron chi connectivity index (χ3n) is 2.25. The minimum Gasteiger partial charge on any atom is -0.453 e. The second-order valence-corrected chi connectivity index (χ2v) is 3.70. The first-order valence-corrected chi connectivity index (χ1v) is 5.04. The molecular weight excluding hydrogens is 216 g/mol. The minimum atomic E-state index is 0.414. The van der Waals surface area contributed by atoms with Gasteiger partial charge in [-0.2, -0.15) is 0 Å². The Balaban J connectivity index is 2.38. The van der Waals surface area contributed by atoms with Crippen LogP contribution in [-0.4, -0.2) is 0 Å². The van der Waals surface area contributed by atoms with Crippen LogP contribution < -0.4 is 27.7 Å². The quantitative estimate of drug-likeness (QED) is 0.587. The van der Waals surface area contributed by atoms with E-state index >= 15 is 0 Å². The Morgan fingerprint density at radius 3 is 1.82 bits per heavy atom. The zero-order chi connectivity index (χ0) is 12.4. The van der Waals surface area contributed by atoms with Crippen molar-refractivity contribution < 1.29 is 4.74 Å². The highest BCUT2D eigenvalue weighted by molar-refractivity contribution is 5.68. The fourth-order valence-corrected chi connectivity index (χ4v) is 1.51. The first-order chi connectivity index (χ1) is 8.06. The second kappa shape index (κ2) is 4.13. The summed E-state index contributed by atoms with van der Waals surface area (Å²) in [6.07, 6.45) is 0. The van der Waals surface area contributed by atoms with Crippen LogP contribution in [0.3, 0.4) is 0 Å². The molecule has 0 radical (unpaired) electrons. The van der Waals surface area contributed by atoms with Crippen molar-refractivity contribution in [2.75, 3.05) is 22.9 Å². The molecule has 0 unspecified atom stereocenters. The predicted octanol–water partition coefficient (Wildman–Crippen LogP) is 1.81. The van der Waals surface area contributed by atoms with Gasteiger partial charge in [-0.05, 0) is 18.2 Å². The molecule has 88 valence electrons. The maximum Gasteiger partial charge on any atom is 0.173 e. The van der Waals surface area contributed by atoms with Crippen LogP contribution in [-0.2, 0) is 0 Å². The highest BCUT2D eigenvalue weighted by Crippen LogP contribution is 2.34. The van der Waals surface area contributed by atoms with E-state index in [1.54, 1.807) is 36.4 Å². The number of ether oxygens (including phenoxy) is 1. The van der Waals surface area contributed by atoms with Crippen molar-refractivity contribution >= 4 is 22.7 Å². The van der Waals surface area contributed by atoms with E-state index in [-0.39, 0.29) is 0 Å². The number of hydrogen-bond acceptors (Lipinski definition) is 5. The Morgan fingerprint density at radius 2 is 1.29 bits per heavy atom. The summed E-state index contributed by atoms with van der Waals surface area (Å²) in [5.74, 6) is 0.921. The van der Waals surface area contributed by atoms with Crippen LogP contribution in [0.5, 0.6) is 11.5 Å². The van der Waals surface area contributed by atoms with Crippen LogP contribution >= 0.6 is 0 Å². The number of para-hydroxylation sites is 1. The number of nitrogen functional groups attached to an aromatic ring is 4. The molecule has 2 rings (SSSR count). The van der Waals surface area contributed by atoms with E-state index in [0.29, 0.717) is 34.2 Å². The van der Waals surface area contributed by atoms with Crippen LogP contribution in [0.4, 0.5) is 22.7 Å². The molecule has 8 N–H and O–H groups in total. The summed E-state index contributed by atoms with van der Waals surface area (Å²) in [5.41, 5.74) is 24.9. The van der Waals surface area contributed by atoms with Gasteiger partial charge in [0.1, 0.15) is 5.75 Å². The van der Waals surface area contributed by atoms with Gasteiger partial charge in [0.05, 0.1) is 11.4 Å². The molecule has 0 saturated carbocycles. The zero-order valence-corrected chi connectivity index (χ0v) is 9.18. The SMILES string of the molecule is Nc1cc(N)cc(Oc2c(N)cccc2N)c1. The topological polar surface area (TPSA) is 113 Å². The fourth-order valence-electron chi connectivity index (χ4n) is 1.51. The molecule has 5 nitrogen and oxygen atoms in total. The Hall–Kier alpha value is -2.56. The van der Waals surface area contributed by atoms with Crippen molar-refractivity contribution in [2.45, 2.75) is 0 Å². The lowest BCUT2D eigenvalue weighted by Crippen LogP contribution is -1.98. The third-order valence-corrected chi connectivity index (χ3v) is 2.25. The van der Waals surface area contributed by atoms with Gasteiger partial charge in [0.2, 0.25) is 0 Å². The summed E-state index contributed by atoms with van der Waals surface area (Å²) < 4.78 is 5.59. The molecule has 0 aliphatic rings. The molecule has 0 aliphatic heterocycles. The Bertz CT molecular complexity index is 514. The van der Waals surface area contributed by atoms with Crippen LogP contribution in [0.2, 0.25) is 0 Å². The van der Waals surface area contributed by atoms with Gasteiger partial charge >= 0.3 is 0 Å². The number of benzene rings is 2. The molecule has 5 heteroatoms. The average molecular weight is 230 g/mol. The highest BCUT2D eigenvalue weighted by Gasteiger charge is 2.07. The Morgan fingerprint density at radius 1 is 0.765 bits per heavy atom. The van der Waals surface area contributed by atoms with Crippen molar-refractivity contribution in [3.63, 3.8) is 0 Å². The number of anilines is 4. The summed E-state index contributed by atoms with van der Waals surface area (Å²) in [6.45, 7) is 0. The van der Waals surface area contributed by atoms with E-state index in [9.17, 15) is 0 Å². The minimum absolute atomic E-state index is 0.414. The summed E-state index contributed by atoms with van der Waals surface area (Å²) in [5, 5.41) is 0. The van der Waals surface area contributed by atoms with E-state index in [1.807, 2.05) is 0 Å². The maximum atomic E-state index is 5.78. The van der Waals surface area contributed by atoms with Crippen molar-refractivity contribution in [3.8, 4) is 11.5 Å². The summed E-state index contributed by atoms with van der Waals surface area (Å²) in [6, 6.07) is 10.1. The standard InChI is InChI=1S/C12H14N4O/c13-7-4-8(14)6-9(5-7)17-12-10(15)2-1-3-11(12)16/h1-6H,13-16H2. The largest absolute Gasteiger partial charge is 0.453 e. The first kappa shape index (κ1) is 10.9. The molecule has 0 fully saturated rings. The van der Waals surface area contributed by atoms with Gasteiger partial charge in [-0.3, -0.25) is 0 Å². The monoisotopic (exact) mass is 230 g/mol. The summed E-state index contributed by atoms with van der Waals surface area (Å²) in [7, 11) is 0. The number of rotatable bonds is 2. The normalized spacial score (nSPS) is 10.1. The van der Waals surface area contributed by atoms with Gasteiger partial charge < -0.3 is 27.7 Å². The Labute approximate surface area is 99.0 Å². The lowest BCUT2D eigenvalue weighted by Gasteiger charge is -2.11. The van der Waals surface area contributed by atoms with E-state index < -0.39 is 0 Å². The lowest BCUT2D eigenvalue weighted by atomic mass is 10.2. The molecule has 0 amide bonds. The average Bonchev–Trinajstić information content (AvgIpc) is 2.22. The number of hydrogen-bond donors (Lipinski definition) is 4. The van der Waals surface area contributed by atoms with Crippen molar-refractivity contribution in [2.24, 2.45) is 0 Å². The van der Waals surface area contributed by atoms with Crippen molar-refractivity contribution in [1.29, 1.82) is 0 Å². The van der Waals surface area contributed by atoms with Crippen LogP contribution in [0, 0.1) is 0 Å².